The summed E-state index contributed by atoms with van der Waals surface area (Å²) in [5, 5.41) is 8.89. The number of sulfone groups is 1. The molecule has 0 bridgehead atoms. The van der Waals surface area contributed by atoms with Crippen molar-refractivity contribution in [3.63, 3.8) is 0 Å². The smallest absolute Gasteiger partial charge is 0.176 e. The molecule has 3 rings (SSSR count). The lowest BCUT2D eigenvalue weighted by Gasteiger charge is -2.12. The van der Waals surface area contributed by atoms with Crippen LogP contribution in [0.15, 0.2) is 35.5 Å². The van der Waals surface area contributed by atoms with Gasteiger partial charge in [0, 0.05) is 36.1 Å². The Hall–Kier alpha value is -2.72. The number of aromatic nitrogens is 1. The molecule has 0 atom stereocenters. The van der Waals surface area contributed by atoms with Gasteiger partial charge in [-0.1, -0.05) is 0 Å². The van der Waals surface area contributed by atoms with E-state index in [4.69, 9.17) is 10.00 Å². The molecule has 0 amide bonds. The summed E-state index contributed by atoms with van der Waals surface area (Å²) in [5.41, 5.74) is 1.15. The Labute approximate surface area is 133 Å². The van der Waals surface area contributed by atoms with Crippen LogP contribution in [0.1, 0.15) is 27.9 Å². The zero-order chi connectivity index (χ0) is 16.6. The molecule has 0 unspecified atom stereocenters. The largest absolute Gasteiger partial charge is 0.455 e. The van der Waals surface area contributed by atoms with Crippen molar-refractivity contribution in [3.05, 3.63) is 47.3 Å². The monoisotopic (exact) mass is 328 g/mol. The van der Waals surface area contributed by atoms with Crippen molar-refractivity contribution in [3.8, 4) is 17.6 Å². The average Bonchev–Trinajstić information content (AvgIpc) is 2.89. The van der Waals surface area contributed by atoms with Gasteiger partial charge in [0.25, 0.3) is 0 Å². The highest BCUT2D eigenvalue weighted by molar-refractivity contribution is 7.90. The second-order valence-corrected chi connectivity index (χ2v) is 7.22. The van der Waals surface area contributed by atoms with Crippen LogP contribution in [0.4, 0.5) is 0 Å². The summed E-state index contributed by atoms with van der Waals surface area (Å²) in [7, 11) is -3.49. The predicted molar refractivity (Wildman–Crippen MR) is 81.2 cm³/mol. The number of fused-ring (bicyclic) bond motifs is 1. The Kier molecular flexibility index (Phi) is 3.62. The van der Waals surface area contributed by atoms with Gasteiger partial charge in [-0.15, -0.1) is 0 Å². The van der Waals surface area contributed by atoms with Crippen LogP contribution in [0.2, 0.25) is 0 Å². The van der Waals surface area contributed by atoms with Crippen LogP contribution in [0.25, 0.3) is 0 Å². The normalized spacial score (nSPS) is 13.5. The second kappa shape index (κ2) is 5.48. The van der Waals surface area contributed by atoms with E-state index >= 15 is 0 Å². The highest BCUT2D eigenvalue weighted by Crippen LogP contribution is 2.37. The molecular weight excluding hydrogens is 316 g/mol. The third-order valence-corrected chi connectivity index (χ3v) is 4.72. The molecule has 2 aromatic rings. The minimum Gasteiger partial charge on any atom is -0.455 e. The highest BCUT2D eigenvalue weighted by atomic mass is 32.2. The summed E-state index contributed by atoms with van der Waals surface area (Å²) in [4.78, 5) is 16.0. The first-order valence-electron chi connectivity index (χ1n) is 6.82. The molecule has 0 aliphatic heterocycles. The molecule has 1 aromatic heterocycles. The molecule has 23 heavy (non-hydrogen) atoms. The fraction of sp³-hybridized carbons (Fsp3) is 0.188. The van der Waals surface area contributed by atoms with Gasteiger partial charge in [0.15, 0.2) is 15.6 Å². The molecule has 116 valence electrons. The van der Waals surface area contributed by atoms with Crippen molar-refractivity contribution in [2.75, 3.05) is 6.26 Å². The zero-order valence-corrected chi connectivity index (χ0v) is 13.1. The van der Waals surface area contributed by atoms with Gasteiger partial charge in [0.05, 0.1) is 16.7 Å². The SMILES string of the molecule is CS(=O)(=O)c1ccc(Oc2cncc(C#N)c2)c2c1C(=O)CC2. The number of hydrogen-bond donors (Lipinski definition) is 0. The number of carbonyl (C=O) groups excluding carboxylic acids is 1. The maximum absolute atomic E-state index is 12.1. The van der Waals surface area contributed by atoms with Crippen molar-refractivity contribution in [1.29, 1.82) is 5.26 Å². The van der Waals surface area contributed by atoms with Crippen LogP contribution in [-0.4, -0.2) is 25.4 Å². The van der Waals surface area contributed by atoms with E-state index in [1.165, 1.54) is 30.6 Å². The summed E-state index contributed by atoms with van der Waals surface area (Å²) in [6, 6.07) is 6.41. The Morgan fingerprint density at radius 3 is 2.74 bits per heavy atom. The van der Waals surface area contributed by atoms with E-state index in [9.17, 15) is 13.2 Å². The van der Waals surface area contributed by atoms with Crippen LogP contribution < -0.4 is 4.74 Å². The van der Waals surface area contributed by atoms with Gasteiger partial charge >= 0.3 is 0 Å². The third kappa shape index (κ3) is 2.81. The summed E-state index contributed by atoms with van der Waals surface area (Å²) >= 11 is 0. The summed E-state index contributed by atoms with van der Waals surface area (Å²) in [6.45, 7) is 0. The van der Waals surface area contributed by atoms with Gasteiger partial charge in [-0.25, -0.2) is 8.42 Å². The first-order chi connectivity index (χ1) is 10.9. The van der Waals surface area contributed by atoms with Crippen molar-refractivity contribution in [2.45, 2.75) is 17.7 Å². The van der Waals surface area contributed by atoms with E-state index in [2.05, 4.69) is 4.98 Å². The Morgan fingerprint density at radius 2 is 2.04 bits per heavy atom. The molecule has 0 saturated heterocycles. The Bertz CT molecular complexity index is 959. The molecule has 1 aromatic carbocycles. The fourth-order valence-corrected chi connectivity index (χ4v) is 3.52. The number of ketones is 1. The van der Waals surface area contributed by atoms with Crippen molar-refractivity contribution in [2.24, 2.45) is 0 Å². The molecule has 1 aliphatic rings. The van der Waals surface area contributed by atoms with Gasteiger partial charge in [0.1, 0.15) is 17.6 Å². The van der Waals surface area contributed by atoms with E-state index in [1.54, 1.807) is 0 Å². The lowest BCUT2D eigenvalue weighted by atomic mass is 10.1. The molecular formula is C16H12N2O4S. The zero-order valence-electron chi connectivity index (χ0n) is 12.2. The molecule has 1 aliphatic carbocycles. The molecule has 0 spiro atoms. The summed E-state index contributed by atoms with van der Waals surface area (Å²) in [6.07, 6.45) is 4.63. The van der Waals surface area contributed by atoms with Crippen LogP contribution in [0, 0.1) is 11.3 Å². The standard InChI is InChI=1S/C16H12N2O4S/c1-23(20,21)15-5-4-14(12-2-3-13(19)16(12)15)22-11-6-10(7-17)8-18-9-11/h4-6,8-9H,2-3H2,1H3. The number of Topliss-reactive ketones (excluding diaryl/α,β-unsaturated/α-hetero) is 1. The molecule has 7 heteroatoms. The lowest BCUT2D eigenvalue weighted by molar-refractivity contribution is 0.0991. The minimum atomic E-state index is -3.49. The van der Waals surface area contributed by atoms with Crippen molar-refractivity contribution in [1.82, 2.24) is 4.98 Å². The van der Waals surface area contributed by atoms with E-state index < -0.39 is 9.84 Å². The van der Waals surface area contributed by atoms with Gasteiger partial charge in [-0.05, 0) is 18.6 Å². The number of hydrogen-bond acceptors (Lipinski definition) is 6. The van der Waals surface area contributed by atoms with Gasteiger partial charge in [0.2, 0.25) is 0 Å². The van der Waals surface area contributed by atoms with E-state index in [1.807, 2.05) is 6.07 Å². The maximum atomic E-state index is 12.1. The predicted octanol–water partition coefficient (Wildman–Crippen LogP) is 2.28. The van der Waals surface area contributed by atoms with Gasteiger partial charge < -0.3 is 4.74 Å². The quantitative estimate of drug-likeness (QED) is 0.857. The number of rotatable bonds is 3. The molecule has 0 saturated carbocycles. The molecule has 1 heterocycles. The molecule has 6 nitrogen and oxygen atoms in total. The topological polar surface area (TPSA) is 97.1 Å². The maximum Gasteiger partial charge on any atom is 0.176 e. The minimum absolute atomic E-state index is 0.0336. The number of carbonyl (C=O) groups is 1. The van der Waals surface area contributed by atoms with Crippen LogP contribution in [-0.2, 0) is 16.3 Å². The van der Waals surface area contributed by atoms with E-state index in [0.717, 1.165) is 6.26 Å². The molecule has 0 radical (unpaired) electrons. The van der Waals surface area contributed by atoms with Crippen molar-refractivity contribution >= 4 is 15.6 Å². The van der Waals surface area contributed by atoms with Gasteiger partial charge in [-0.3, -0.25) is 9.78 Å². The number of pyridine rings is 1. The van der Waals surface area contributed by atoms with Crippen LogP contribution in [0.3, 0.4) is 0 Å². The third-order valence-electron chi connectivity index (χ3n) is 3.58. The Morgan fingerprint density at radius 1 is 1.26 bits per heavy atom. The fourth-order valence-electron chi connectivity index (χ4n) is 2.59. The number of benzene rings is 1. The van der Waals surface area contributed by atoms with Crippen LogP contribution in [0.5, 0.6) is 11.5 Å². The number of nitrogens with zero attached hydrogens (tertiary/aromatic N) is 2. The highest BCUT2D eigenvalue weighted by Gasteiger charge is 2.30. The van der Waals surface area contributed by atoms with Gasteiger partial charge in [-0.2, -0.15) is 5.26 Å². The van der Waals surface area contributed by atoms with E-state index in [0.29, 0.717) is 29.0 Å². The second-order valence-electron chi connectivity index (χ2n) is 5.23. The average molecular weight is 328 g/mol. The first-order valence-corrected chi connectivity index (χ1v) is 8.71. The van der Waals surface area contributed by atoms with E-state index in [-0.39, 0.29) is 22.7 Å². The van der Waals surface area contributed by atoms with Crippen molar-refractivity contribution < 1.29 is 17.9 Å². The summed E-state index contributed by atoms with van der Waals surface area (Å²) in [5.74, 6) is 0.572. The lowest BCUT2D eigenvalue weighted by Crippen LogP contribution is -2.06. The number of ether oxygens (including phenoxy) is 1. The number of nitriles is 1. The Balaban J connectivity index is 2.09. The molecule has 0 fully saturated rings. The molecule has 0 N–H and O–H groups in total. The summed E-state index contributed by atoms with van der Waals surface area (Å²) < 4.78 is 29.4. The first kappa shape index (κ1) is 15.2. The van der Waals surface area contributed by atoms with Crippen LogP contribution >= 0.6 is 0 Å².